The summed E-state index contributed by atoms with van der Waals surface area (Å²) in [7, 11) is 3.46. The van der Waals surface area contributed by atoms with Crippen molar-refractivity contribution in [2.75, 3.05) is 60.0 Å². The van der Waals surface area contributed by atoms with Gasteiger partial charge >= 0.3 is 0 Å². The summed E-state index contributed by atoms with van der Waals surface area (Å²) in [4.78, 5) is 48.4. The van der Waals surface area contributed by atoms with Gasteiger partial charge in [0.15, 0.2) is 0 Å². The van der Waals surface area contributed by atoms with E-state index in [-0.39, 0.29) is 17.7 Å². The van der Waals surface area contributed by atoms with Gasteiger partial charge in [0.2, 0.25) is 11.8 Å². The number of rotatable bonds is 5. The molecular formula is C33H45ClN4O4. The molecule has 9 heteroatoms. The van der Waals surface area contributed by atoms with Crippen molar-refractivity contribution < 1.29 is 19.1 Å². The molecule has 0 bridgehead atoms. The molecule has 8 nitrogen and oxygen atoms in total. The van der Waals surface area contributed by atoms with Gasteiger partial charge in [-0.25, -0.2) is 0 Å². The van der Waals surface area contributed by atoms with Crippen molar-refractivity contribution in [3.8, 4) is 5.75 Å². The molecule has 0 N–H and O–H groups in total. The second kappa shape index (κ2) is 15.9. The molecule has 228 valence electrons. The van der Waals surface area contributed by atoms with E-state index in [1.807, 2.05) is 35.2 Å². The lowest BCUT2D eigenvalue weighted by molar-refractivity contribution is -0.135. The van der Waals surface area contributed by atoms with Gasteiger partial charge in [-0.1, -0.05) is 41.9 Å². The second-order valence-corrected chi connectivity index (χ2v) is 11.9. The van der Waals surface area contributed by atoms with Crippen LogP contribution in [-0.2, 0) is 16.0 Å². The Hall–Kier alpha value is -3.10. The third-order valence-electron chi connectivity index (χ3n) is 8.34. The summed E-state index contributed by atoms with van der Waals surface area (Å²) < 4.78 is 6.09. The van der Waals surface area contributed by atoms with Gasteiger partial charge in [0.05, 0.1) is 12.2 Å². The minimum atomic E-state index is -0.698. The summed E-state index contributed by atoms with van der Waals surface area (Å²) in [5.74, 6) is 0.204. The Kier molecular flexibility index (Phi) is 12.1. The van der Waals surface area contributed by atoms with E-state index in [0.29, 0.717) is 55.4 Å². The van der Waals surface area contributed by atoms with Crippen LogP contribution in [0.2, 0.25) is 5.02 Å². The van der Waals surface area contributed by atoms with E-state index in [2.05, 4.69) is 4.90 Å². The van der Waals surface area contributed by atoms with Crippen molar-refractivity contribution in [2.45, 2.75) is 57.4 Å². The van der Waals surface area contributed by atoms with Gasteiger partial charge in [-0.15, -0.1) is 0 Å². The maximum atomic E-state index is 13.8. The normalized spacial score (nSPS) is 20.3. The Balaban J connectivity index is 1.53. The molecule has 0 aliphatic carbocycles. The largest absolute Gasteiger partial charge is 0.493 e. The first kappa shape index (κ1) is 31.8. The molecule has 2 aliphatic rings. The number of fused-ring (bicyclic) bond motifs is 1. The van der Waals surface area contributed by atoms with E-state index in [0.717, 1.165) is 50.9 Å². The van der Waals surface area contributed by atoms with Crippen LogP contribution >= 0.6 is 11.6 Å². The molecule has 1 saturated heterocycles. The van der Waals surface area contributed by atoms with Crippen LogP contribution in [-0.4, -0.2) is 103 Å². The van der Waals surface area contributed by atoms with Gasteiger partial charge in [0.1, 0.15) is 11.8 Å². The van der Waals surface area contributed by atoms with Crippen LogP contribution in [0.1, 0.15) is 60.9 Å². The molecule has 2 heterocycles. The lowest BCUT2D eigenvalue weighted by Gasteiger charge is -2.31. The molecule has 0 saturated carbocycles. The van der Waals surface area contributed by atoms with E-state index in [9.17, 15) is 14.4 Å². The highest BCUT2D eigenvalue weighted by atomic mass is 35.5. The summed E-state index contributed by atoms with van der Waals surface area (Å²) in [6.07, 6.45) is 6.51. The zero-order chi connectivity index (χ0) is 29.9. The van der Waals surface area contributed by atoms with E-state index in [4.69, 9.17) is 16.3 Å². The minimum absolute atomic E-state index is 0.123. The Morgan fingerprint density at radius 1 is 0.881 bits per heavy atom. The number of carbonyl (C=O) groups excluding carboxylic acids is 3. The summed E-state index contributed by atoms with van der Waals surface area (Å²) in [6, 6.07) is 14.1. The van der Waals surface area contributed by atoms with Crippen molar-refractivity contribution in [3.63, 3.8) is 0 Å². The first-order valence-electron chi connectivity index (χ1n) is 15.3. The third-order valence-corrected chi connectivity index (χ3v) is 8.57. The fourth-order valence-corrected chi connectivity index (χ4v) is 5.91. The lowest BCUT2D eigenvalue weighted by Crippen LogP contribution is -2.49. The molecule has 2 aromatic rings. The summed E-state index contributed by atoms with van der Waals surface area (Å²) in [6.45, 7) is 5.30. The Morgan fingerprint density at radius 2 is 1.55 bits per heavy atom. The van der Waals surface area contributed by atoms with Crippen molar-refractivity contribution in [2.24, 2.45) is 0 Å². The molecule has 0 aromatic heterocycles. The number of amides is 3. The van der Waals surface area contributed by atoms with Crippen LogP contribution in [0.3, 0.4) is 0 Å². The number of hydrogen-bond donors (Lipinski definition) is 0. The monoisotopic (exact) mass is 596 g/mol. The van der Waals surface area contributed by atoms with E-state index >= 15 is 0 Å². The molecule has 0 radical (unpaired) electrons. The SMILES string of the molecule is CN1CCCCN(C(=O)CCN2CCCC2)CCCCOc2ccc(Cl)cc2C(=O)N(C)[C@@H](Cc2ccccc2)C1=O. The van der Waals surface area contributed by atoms with Gasteiger partial charge in [-0.3, -0.25) is 14.4 Å². The first-order valence-corrected chi connectivity index (χ1v) is 15.7. The zero-order valence-electron chi connectivity index (χ0n) is 25.1. The van der Waals surface area contributed by atoms with E-state index < -0.39 is 6.04 Å². The Bertz CT molecular complexity index is 1190. The van der Waals surface area contributed by atoms with Crippen molar-refractivity contribution in [1.82, 2.24) is 19.6 Å². The topological polar surface area (TPSA) is 73.4 Å². The number of carbonyl (C=O) groups is 3. The van der Waals surface area contributed by atoms with Crippen LogP contribution < -0.4 is 4.74 Å². The highest BCUT2D eigenvalue weighted by molar-refractivity contribution is 6.31. The molecule has 4 rings (SSSR count). The standard InChI is InChI=1S/C33H45ClN4O4/c1-35-17-6-9-20-38(31(39)16-22-37-18-7-8-19-37)21-10-11-23-42-30-15-14-27(34)25-28(30)32(40)36(2)29(33(35)41)24-26-12-4-3-5-13-26/h3-5,12-15,25,29H,6-11,16-24H2,1-2H3/t29-/m0/s1. The van der Waals surface area contributed by atoms with E-state index in [1.54, 1.807) is 37.2 Å². The van der Waals surface area contributed by atoms with Crippen LogP contribution in [0.15, 0.2) is 48.5 Å². The molecule has 1 fully saturated rings. The lowest BCUT2D eigenvalue weighted by atomic mass is 10.0. The maximum Gasteiger partial charge on any atom is 0.258 e. The summed E-state index contributed by atoms with van der Waals surface area (Å²) >= 11 is 6.31. The number of ether oxygens (including phenoxy) is 1. The molecule has 0 unspecified atom stereocenters. The average Bonchev–Trinajstić information content (AvgIpc) is 3.53. The molecule has 0 spiro atoms. The van der Waals surface area contributed by atoms with Crippen molar-refractivity contribution in [3.05, 3.63) is 64.7 Å². The quantitative estimate of drug-likeness (QED) is 0.498. The summed E-state index contributed by atoms with van der Waals surface area (Å²) in [5.41, 5.74) is 1.31. The number of nitrogens with zero attached hydrogens (tertiary/aromatic N) is 4. The number of likely N-dealkylation sites (tertiary alicyclic amines) is 1. The highest BCUT2D eigenvalue weighted by Crippen LogP contribution is 2.26. The Morgan fingerprint density at radius 3 is 2.29 bits per heavy atom. The highest BCUT2D eigenvalue weighted by Gasteiger charge is 2.31. The van der Waals surface area contributed by atoms with Gasteiger partial charge in [0, 0.05) is 58.1 Å². The molecule has 42 heavy (non-hydrogen) atoms. The molecule has 3 amide bonds. The van der Waals surface area contributed by atoms with Crippen LogP contribution in [0.5, 0.6) is 5.75 Å². The first-order chi connectivity index (χ1) is 20.3. The van der Waals surface area contributed by atoms with Gasteiger partial charge < -0.3 is 24.3 Å². The second-order valence-electron chi connectivity index (χ2n) is 11.5. The van der Waals surface area contributed by atoms with Crippen molar-refractivity contribution >= 4 is 29.3 Å². The van der Waals surface area contributed by atoms with Gasteiger partial charge in [0.25, 0.3) is 5.91 Å². The van der Waals surface area contributed by atoms with Crippen molar-refractivity contribution in [1.29, 1.82) is 0 Å². The van der Waals surface area contributed by atoms with E-state index in [1.165, 1.54) is 17.7 Å². The van der Waals surface area contributed by atoms with Crippen LogP contribution in [0, 0.1) is 0 Å². The predicted molar refractivity (Wildman–Crippen MR) is 166 cm³/mol. The smallest absolute Gasteiger partial charge is 0.258 e. The molecular weight excluding hydrogens is 552 g/mol. The number of benzene rings is 2. The fourth-order valence-electron chi connectivity index (χ4n) is 5.74. The average molecular weight is 597 g/mol. The fraction of sp³-hybridized carbons (Fsp3) is 0.545. The summed E-state index contributed by atoms with van der Waals surface area (Å²) in [5, 5.41) is 0.427. The maximum absolute atomic E-state index is 13.8. The number of hydrogen-bond acceptors (Lipinski definition) is 5. The minimum Gasteiger partial charge on any atom is -0.493 e. The molecule has 1 atom stereocenters. The number of likely N-dealkylation sites (N-methyl/N-ethyl adjacent to an activating group) is 2. The number of halogens is 1. The molecule has 2 aliphatic heterocycles. The van der Waals surface area contributed by atoms with Crippen LogP contribution in [0.4, 0.5) is 0 Å². The predicted octanol–water partition coefficient (Wildman–Crippen LogP) is 4.75. The zero-order valence-corrected chi connectivity index (χ0v) is 25.9. The van der Waals surface area contributed by atoms with Gasteiger partial charge in [-0.05, 0) is 75.4 Å². The van der Waals surface area contributed by atoms with Gasteiger partial charge in [-0.2, -0.15) is 0 Å². The molecule has 2 aromatic carbocycles. The Labute approximate surface area is 255 Å². The van der Waals surface area contributed by atoms with Crippen LogP contribution in [0.25, 0.3) is 0 Å². The third kappa shape index (κ3) is 8.95.